The van der Waals surface area contributed by atoms with Crippen molar-refractivity contribution in [2.75, 3.05) is 6.54 Å². The van der Waals surface area contributed by atoms with Crippen LogP contribution in [0.2, 0.25) is 0 Å². The summed E-state index contributed by atoms with van der Waals surface area (Å²) in [7, 11) is 0. The molecule has 1 unspecified atom stereocenters. The standard InChI is InChI=1S/C13H27N/c1-5-7-13(14-6-2)12-8-11(9-12)10(3)4/h10-14H,5-9H2,1-4H3. The lowest BCUT2D eigenvalue weighted by Crippen LogP contribution is -2.43. The summed E-state index contributed by atoms with van der Waals surface area (Å²) in [5, 5.41) is 3.64. The van der Waals surface area contributed by atoms with Gasteiger partial charge in [-0.25, -0.2) is 0 Å². The van der Waals surface area contributed by atoms with Crippen LogP contribution in [0, 0.1) is 17.8 Å². The summed E-state index contributed by atoms with van der Waals surface area (Å²) in [5.74, 6) is 2.88. The topological polar surface area (TPSA) is 12.0 Å². The molecule has 1 N–H and O–H groups in total. The van der Waals surface area contributed by atoms with Gasteiger partial charge in [0.2, 0.25) is 0 Å². The van der Waals surface area contributed by atoms with Gasteiger partial charge in [0.05, 0.1) is 0 Å². The van der Waals surface area contributed by atoms with Crippen molar-refractivity contribution < 1.29 is 0 Å². The first kappa shape index (κ1) is 12.0. The maximum Gasteiger partial charge on any atom is 0.00953 e. The molecule has 1 heteroatoms. The normalized spacial score (nSPS) is 28.9. The largest absolute Gasteiger partial charge is 0.314 e. The van der Waals surface area contributed by atoms with Crippen LogP contribution >= 0.6 is 0 Å². The smallest absolute Gasteiger partial charge is 0.00953 e. The molecule has 1 saturated carbocycles. The third-order valence-corrected chi connectivity index (χ3v) is 3.79. The lowest BCUT2D eigenvalue weighted by molar-refractivity contribution is 0.101. The van der Waals surface area contributed by atoms with Crippen LogP contribution in [0.5, 0.6) is 0 Å². The van der Waals surface area contributed by atoms with Gasteiger partial charge < -0.3 is 5.32 Å². The molecular formula is C13H27N. The van der Waals surface area contributed by atoms with Crippen LogP contribution in [0.1, 0.15) is 53.4 Å². The van der Waals surface area contributed by atoms with E-state index in [1.807, 2.05) is 0 Å². The number of hydrogen-bond donors (Lipinski definition) is 1. The van der Waals surface area contributed by atoms with Crippen LogP contribution in [0.3, 0.4) is 0 Å². The van der Waals surface area contributed by atoms with Crippen molar-refractivity contribution in [2.24, 2.45) is 17.8 Å². The Morgan fingerprint density at radius 3 is 2.21 bits per heavy atom. The van der Waals surface area contributed by atoms with E-state index in [1.165, 1.54) is 25.7 Å². The maximum atomic E-state index is 3.64. The molecule has 0 heterocycles. The third kappa shape index (κ3) is 2.98. The van der Waals surface area contributed by atoms with Crippen LogP contribution in [0.15, 0.2) is 0 Å². The minimum Gasteiger partial charge on any atom is -0.314 e. The minimum absolute atomic E-state index is 0.806. The highest BCUT2D eigenvalue weighted by Gasteiger charge is 2.35. The quantitative estimate of drug-likeness (QED) is 0.688. The van der Waals surface area contributed by atoms with Gasteiger partial charge in [0, 0.05) is 6.04 Å². The zero-order valence-electron chi connectivity index (χ0n) is 10.3. The number of nitrogens with one attached hydrogen (secondary N) is 1. The van der Waals surface area contributed by atoms with Crippen LogP contribution in [-0.2, 0) is 0 Å². The Kier molecular flexibility index (Phi) is 4.94. The second kappa shape index (κ2) is 5.75. The second-order valence-electron chi connectivity index (χ2n) is 5.19. The van der Waals surface area contributed by atoms with Crippen molar-refractivity contribution in [2.45, 2.75) is 59.4 Å². The summed E-state index contributed by atoms with van der Waals surface area (Å²) in [4.78, 5) is 0. The van der Waals surface area contributed by atoms with Crippen molar-refractivity contribution in [3.8, 4) is 0 Å². The first-order chi connectivity index (χ1) is 6.69. The highest BCUT2D eigenvalue weighted by molar-refractivity contribution is 4.88. The Hall–Kier alpha value is -0.0400. The molecule has 1 fully saturated rings. The van der Waals surface area contributed by atoms with E-state index >= 15 is 0 Å². The second-order valence-corrected chi connectivity index (χ2v) is 5.19. The predicted molar refractivity (Wildman–Crippen MR) is 63.4 cm³/mol. The fourth-order valence-electron chi connectivity index (χ4n) is 2.66. The maximum absolute atomic E-state index is 3.64. The molecule has 0 bridgehead atoms. The van der Waals surface area contributed by atoms with E-state index in [2.05, 4.69) is 33.0 Å². The Labute approximate surface area is 89.7 Å². The van der Waals surface area contributed by atoms with Crippen LogP contribution < -0.4 is 5.32 Å². The average Bonchev–Trinajstić information content (AvgIpc) is 2.01. The van der Waals surface area contributed by atoms with E-state index in [0.29, 0.717) is 0 Å². The Bertz CT molecular complexity index is 141. The fraction of sp³-hybridized carbons (Fsp3) is 1.00. The van der Waals surface area contributed by atoms with E-state index in [-0.39, 0.29) is 0 Å². The van der Waals surface area contributed by atoms with Crippen molar-refractivity contribution in [3.05, 3.63) is 0 Å². The van der Waals surface area contributed by atoms with Gasteiger partial charge in [0.25, 0.3) is 0 Å². The highest BCUT2D eigenvalue weighted by atomic mass is 14.9. The molecule has 0 amide bonds. The highest BCUT2D eigenvalue weighted by Crippen LogP contribution is 2.41. The van der Waals surface area contributed by atoms with Gasteiger partial charge in [0.1, 0.15) is 0 Å². The lowest BCUT2D eigenvalue weighted by atomic mass is 9.66. The predicted octanol–water partition coefficient (Wildman–Crippen LogP) is 3.45. The SMILES string of the molecule is CCCC(NCC)C1CC(C(C)C)C1. The van der Waals surface area contributed by atoms with Gasteiger partial charge in [-0.2, -0.15) is 0 Å². The first-order valence-corrected chi connectivity index (χ1v) is 6.42. The molecule has 1 rings (SSSR count). The molecule has 0 aliphatic heterocycles. The third-order valence-electron chi connectivity index (χ3n) is 3.79. The molecule has 14 heavy (non-hydrogen) atoms. The monoisotopic (exact) mass is 197 g/mol. The molecule has 0 radical (unpaired) electrons. The zero-order chi connectivity index (χ0) is 10.6. The molecule has 0 spiro atoms. The van der Waals surface area contributed by atoms with E-state index < -0.39 is 0 Å². The number of hydrogen-bond acceptors (Lipinski definition) is 1. The molecule has 1 aliphatic carbocycles. The summed E-state index contributed by atoms with van der Waals surface area (Å²) in [5.41, 5.74) is 0. The van der Waals surface area contributed by atoms with Gasteiger partial charge in [-0.15, -0.1) is 0 Å². The molecule has 0 aromatic heterocycles. The van der Waals surface area contributed by atoms with Gasteiger partial charge >= 0.3 is 0 Å². The van der Waals surface area contributed by atoms with E-state index in [0.717, 1.165) is 30.3 Å². The van der Waals surface area contributed by atoms with Gasteiger partial charge in [-0.05, 0) is 43.6 Å². The van der Waals surface area contributed by atoms with Gasteiger partial charge in [0.15, 0.2) is 0 Å². The van der Waals surface area contributed by atoms with Crippen molar-refractivity contribution in [1.82, 2.24) is 5.32 Å². The van der Waals surface area contributed by atoms with Gasteiger partial charge in [-0.1, -0.05) is 34.1 Å². The van der Waals surface area contributed by atoms with Crippen LogP contribution in [0.25, 0.3) is 0 Å². The molecule has 0 aromatic carbocycles. The zero-order valence-corrected chi connectivity index (χ0v) is 10.3. The molecule has 1 nitrogen and oxygen atoms in total. The molecule has 1 atom stereocenters. The summed E-state index contributed by atoms with van der Waals surface area (Å²) >= 11 is 0. The van der Waals surface area contributed by atoms with Crippen molar-refractivity contribution in [1.29, 1.82) is 0 Å². The number of rotatable bonds is 6. The molecule has 1 aliphatic rings. The van der Waals surface area contributed by atoms with Crippen molar-refractivity contribution in [3.63, 3.8) is 0 Å². The molecule has 0 aromatic rings. The summed E-state index contributed by atoms with van der Waals surface area (Å²) in [6.07, 6.45) is 5.62. The Morgan fingerprint density at radius 2 is 1.79 bits per heavy atom. The fourth-order valence-corrected chi connectivity index (χ4v) is 2.66. The first-order valence-electron chi connectivity index (χ1n) is 6.42. The van der Waals surface area contributed by atoms with E-state index in [9.17, 15) is 0 Å². The van der Waals surface area contributed by atoms with Crippen LogP contribution in [0.4, 0.5) is 0 Å². The Morgan fingerprint density at radius 1 is 1.14 bits per heavy atom. The average molecular weight is 197 g/mol. The van der Waals surface area contributed by atoms with Crippen molar-refractivity contribution >= 4 is 0 Å². The van der Waals surface area contributed by atoms with Gasteiger partial charge in [-0.3, -0.25) is 0 Å². The molecule has 0 saturated heterocycles. The Balaban J connectivity index is 2.26. The summed E-state index contributed by atoms with van der Waals surface area (Å²) in [6.45, 7) is 10.4. The minimum atomic E-state index is 0.806. The summed E-state index contributed by atoms with van der Waals surface area (Å²) in [6, 6.07) is 0.806. The van der Waals surface area contributed by atoms with E-state index in [4.69, 9.17) is 0 Å². The molecular weight excluding hydrogens is 170 g/mol. The lowest BCUT2D eigenvalue weighted by Gasteiger charge is -2.43. The summed E-state index contributed by atoms with van der Waals surface area (Å²) < 4.78 is 0. The molecule has 84 valence electrons. The van der Waals surface area contributed by atoms with Crippen LogP contribution in [-0.4, -0.2) is 12.6 Å². The van der Waals surface area contributed by atoms with E-state index in [1.54, 1.807) is 0 Å².